The lowest BCUT2D eigenvalue weighted by Crippen LogP contribution is -2.60. The molecule has 1 saturated heterocycles. The molecule has 0 aromatic heterocycles. The van der Waals surface area contributed by atoms with Crippen LogP contribution in [0.25, 0.3) is 0 Å². The molecular formula is C78H147NO10. The van der Waals surface area contributed by atoms with E-state index in [1.807, 2.05) is 6.08 Å². The fourth-order valence-electron chi connectivity index (χ4n) is 12.4. The fraction of sp³-hybridized carbons (Fsp3) is 0.897. The van der Waals surface area contributed by atoms with E-state index in [0.29, 0.717) is 19.4 Å². The fourth-order valence-corrected chi connectivity index (χ4v) is 12.4. The van der Waals surface area contributed by atoms with Crippen LogP contribution in [0.3, 0.4) is 0 Å². The molecule has 1 amide bonds. The maximum Gasteiger partial charge on any atom is 0.305 e. The zero-order chi connectivity index (χ0) is 64.4. The van der Waals surface area contributed by atoms with E-state index in [4.69, 9.17) is 14.2 Å². The van der Waals surface area contributed by atoms with Gasteiger partial charge in [0.05, 0.1) is 32.0 Å². The minimum absolute atomic E-state index is 0.00695. The lowest BCUT2D eigenvalue weighted by Gasteiger charge is -2.40. The molecule has 11 heteroatoms. The molecule has 524 valence electrons. The van der Waals surface area contributed by atoms with E-state index in [1.54, 1.807) is 6.08 Å². The van der Waals surface area contributed by atoms with Crippen LogP contribution in [0.15, 0.2) is 36.5 Å². The minimum Gasteiger partial charge on any atom is -0.466 e. The topological polar surface area (TPSA) is 175 Å². The molecule has 1 aliphatic rings. The van der Waals surface area contributed by atoms with Gasteiger partial charge in [0.1, 0.15) is 24.4 Å². The number of allylic oxidation sites excluding steroid dienone is 5. The summed E-state index contributed by atoms with van der Waals surface area (Å²) in [6.07, 6.45) is 77.6. The van der Waals surface area contributed by atoms with E-state index in [-0.39, 0.29) is 18.5 Å². The van der Waals surface area contributed by atoms with Gasteiger partial charge in [-0.05, 0) is 83.5 Å². The van der Waals surface area contributed by atoms with Gasteiger partial charge < -0.3 is 45.1 Å². The van der Waals surface area contributed by atoms with E-state index >= 15 is 0 Å². The Morgan fingerprint density at radius 2 is 0.719 bits per heavy atom. The van der Waals surface area contributed by atoms with E-state index in [9.17, 15) is 35.1 Å². The van der Waals surface area contributed by atoms with Crippen molar-refractivity contribution in [1.29, 1.82) is 0 Å². The first kappa shape index (κ1) is 84.9. The van der Waals surface area contributed by atoms with Crippen LogP contribution in [0.1, 0.15) is 386 Å². The lowest BCUT2D eigenvalue weighted by atomic mass is 9.99. The number of aliphatic hydroxyl groups excluding tert-OH is 5. The highest BCUT2D eigenvalue weighted by Crippen LogP contribution is 2.24. The van der Waals surface area contributed by atoms with Gasteiger partial charge in [-0.3, -0.25) is 9.59 Å². The first-order chi connectivity index (χ1) is 43.7. The lowest BCUT2D eigenvalue weighted by molar-refractivity contribution is -0.302. The summed E-state index contributed by atoms with van der Waals surface area (Å²) in [5.41, 5.74) is 0. The van der Waals surface area contributed by atoms with Crippen LogP contribution < -0.4 is 5.32 Å². The molecule has 0 aromatic carbocycles. The van der Waals surface area contributed by atoms with E-state index in [0.717, 1.165) is 57.8 Å². The summed E-state index contributed by atoms with van der Waals surface area (Å²) in [5, 5.41) is 54.4. The van der Waals surface area contributed by atoms with Crippen molar-refractivity contribution >= 4 is 11.9 Å². The number of unbranched alkanes of at least 4 members (excludes halogenated alkanes) is 51. The number of nitrogens with one attached hydrogen (secondary N) is 1. The number of carbonyl (C=O) groups is 2. The Balaban J connectivity index is 1.87. The molecule has 0 aliphatic carbocycles. The molecule has 0 spiro atoms. The van der Waals surface area contributed by atoms with Crippen LogP contribution in [-0.4, -0.2) is 100 Å². The number of aliphatic hydroxyl groups is 5. The average Bonchev–Trinajstić information content (AvgIpc) is 3.30. The molecule has 0 saturated carbocycles. The van der Waals surface area contributed by atoms with Gasteiger partial charge in [0.25, 0.3) is 0 Å². The normalized spacial score (nSPS) is 17.9. The van der Waals surface area contributed by atoms with Crippen LogP contribution >= 0.6 is 0 Å². The molecule has 1 rings (SSSR count). The molecule has 0 radical (unpaired) electrons. The summed E-state index contributed by atoms with van der Waals surface area (Å²) in [6.45, 7) is 4.34. The Labute approximate surface area is 549 Å². The van der Waals surface area contributed by atoms with Crippen LogP contribution in [0.5, 0.6) is 0 Å². The molecule has 0 aromatic rings. The third-order valence-corrected chi connectivity index (χ3v) is 18.5. The number of esters is 1. The summed E-state index contributed by atoms with van der Waals surface area (Å²) in [4.78, 5) is 25.1. The van der Waals surface area contributed by atoms with Crippen LogP contribution in [0.4, 0.5) is 0 Å². The molecule has 1 fully saturated rings. The first-order valence-corrected chi connectivity index (χ1v) is 38.8. The molecule has 89 heavy (non-hydrogen) atoms. The minimum atomic E-state index is -1.57. The molecule has 0 bridgehead atoms. The zero-order valence-corrected chi connectivity index (χ0v) is 58.4. The van der Waals surface area contributed by atoms with Gasteiger partial charge in [-0.15, -0.1) is 0 Å². The van der Waals surface area contributed by atoms with Crippen molar-refractivity contribution in [2.24, 2.45) is 0 Å². The highest BCUT2D eigenvalue weighted by molar-refractivity contribution is 5.76. The van der Waals surface area contributed by atoms with Crippen molar-refractivity contribution in [3.63, 3.8) is 0 Å². The Kier molecular flexibility index (Phi) is 64.2. The smallest absolute Gasteiger partial charge is 0.305 e. The van der Waals surface area contributed by atoms with Crippen LogP contribution in [-0.2, 0) is 23.8 Å². The van der Waals surface area contributed by atoms with Gasteiger partial charge in [-0.1, -0.05) is 326 Å². The standard InChI is InChI=1S/C78H147NO10/c1-3-5-7-9-11-13-15-46-50-54-58-62-66-74(83)87-67-63-59-55-51-47-44-42-40-38-36-34-32-30-28-26-24-22-20-18-16-17-19-21-23-25-27-29-31-33-35-37-39-41-43-45-49-53-57-61-65-73(82)79-70(69-88-78-77(86)76(85)75(84)72(68-80)89-78)71(81)64-60-56-52-48-14-12-10-8-6-4-2/h11,13,16-17,60,64,70-72,75-78,80-81,84-86H,3-10,12,14-15,18-59,61-63,65-69H2,1-2H3,(H,79,82)/b13-11-,17-16-,64-60+. The Morgan fingerprint density at radius 3 is 1.10 bits per heavy atom. The van der Waals surface area contributed by atoms with Crippen LogP contribution in [0, 0.1) is 0 Å². The highest BCUT2D eigenvalue weighted by atomic mass is 16.7. The van der Waals surface area contributed by atoms with Gasteiger partial charge >= 0.3 is 5.97 Å². The van der Waals surface area contributed by atoms with Gasteiger partial charge in [0.2, 0.25) is 5.91 Å². The molecule has 7 unspecified atom stereocenters. The number of amides is 1. The number of hydrogen-bond acceptors (Lipinski definition) is 10. The summed E-state index contributed by atoms with van der Waals surface area (Å²) in [7, 11) is 0. The van der Waals surface area contributed by atoms with Gasteiger partial charge in [0, 0.05) is 12.8 Å². The molecule has 1 heterocycles. The zero-order valence-electron chi connectivity index (χ0n) is 58.4. The number of hydrogen-bond donors (Lipinski definition) is 6. The molecule has 11 nitrogen and oxygen atoms in total. The monoisotopic (exact) mass is 1260 g/mol. The van der Waals surface area contributed by atoms with Crippen molar-refractivity contribution < 1.29 is 49.3 Å². The van der Waals surface area contributed by atoms with Crippen molar-refractivity contribution in [3.05, 3.63) is 36.5 Å². The van der Waals surface area contributed by atoms with Crippen molar-refractivity contribution in [2.75, 3.05) is 19.8 Å². The quantitative estimate of drug-likeness (QED) is 0.0195. The Bertz CT molecular complexity index is 1570. The maximum absolute atomic E-state index is 13.0. The largest absolute Gasteiger partial charge is 0.466 e. The average molecular weight is 1260 g/mol. The van der Waals surface area contributed by atoms with Crippen molar-refractivity contribution in [2.45, 2.75) is 429 Å². The van der Waals surface area contributed by atoms with E-state index in [1.165, 1.54) is 302 Å². The summed E-state index contributed by atoms with van der Waals surface area (Å²) < 4.78 is 16.7. The second-order valence-corrected chi connectivity index (χ2v) is 27.1. The number of ether oxygens (including phenoxy) is 3. The number of carbonyl (C=O) groups excluding carboxylic acids is 2. The van der Waals surface area contributed by atoms with Crippen molar-refractivity contribution in [3.8, 4) is 0 Å². The van der Waals surface area contributed by atoms with Crippen LogP contribution in [0.2, 0.25) is 0 Å². The third kappa shape index (κ3) is 56.0. The summed E-state index contributed by atoms with van der Waals surface area (Å²) in [5.74, 6) is -0.170. The predicted octanol–water partition coefficient (Wildman–Crippen LogP) is 20.5. The Morgan fingerprint density at radius 1 is 0.404 bits per heavy atom. The third-order valence-electron chi connectivity index (χ3n) is 18.5. The molecule has 1 aliphatic heterocycles. The maximum atomic E-state index is 13.0. The Hall–Kier alpha value is -2.12. The van der Waals surface area contributed by atoms with Crippen molar-refractivity contribution in [1.82, 2.24) is 5.32 Å². The highest BCUT2D eigenvalue weighted by Gasteiger charge is 2.44. The van der Waals surface area contributed by atoms with E-state index in [2.05, 4.69) is 43.5 Å². The van der Waals surface area contributed by atoms with E-state index < -0.39 is 49.5 Å². The summed E-state index contributed by atoms with van der Waals surface area (Å²) >= 11 is 0. The summed E-state index contributed by atoms with van der Waals surface area (Å²) in [6, 6.07) is -0.805. The number of rotatable bonds is 69. The second kappa shape index (κ2) is 67.3. The second-order valence-electron chi connectivity index (χ2n) is 27.1. The van der Waals surface area contributed by atoms with Gasteiger partial charge in [-0.25, -0.2) is 0 Å². The molecule has 7 atom stereocenters. The molecular weight excluding hydrogens is 1110 g/mol. The first-order valence-electron chi connectivity index (χ1n) is 38.8. The van der Waals surface area contributed by atoms with Gasteiger partial charge in [-0.2, -0.15) is 0 Å². The predicted molar refractivity (Wildman–Crippen MR) is 375 cm³/mol. The molecule has 6 N–H and O–H groups in total. The SMILES string of the molecule is CCCCC/C=C\CCCCCCCC(=O)OCCCCCCCCCCCCCCCCCCCC/C=C\CCCCCCCCCCCCCCCCCCCC(=O)NC(COC1OC(CO)C(O)C(O)C1O)C(O)/C=C/CCCCCCCCCC. The van der Waals surface area contributed by atoms with Gasteiger partial charge in [0.15, 0.2) is 6.29 Å².